The molecule has 0 unspecified atom stereocenters. The number of rotatable bonds is 12. The van der Waals surface area contributed by atoms with Crippen LogP contribution in [0.25, 0.3) is 10.9 Å². The van der Waals surface area contributed by atoms with Crippen LogP contribution in [-0.2, 0) is 6.54 Å². The highest BCUT2D eigenvalue weighted by molar-refractivity contribution is 6.08. The number of carbonyl (C=O) groups excluding carboxylic acids is 1. The molecule has 3 aromatic rings. The Labute approximate surface area is 210 Å². The number of ketones is 1. The zero-order valence-corrected chi connectivity index (χ0v) is 21.5. The van der Waals surface area contributed by atoms with Crippen LogP contribution < -0.4 is 9.47 Å². The summed E-state index contributed by atoms with van der Waals surface area (Å²) < 4.78 is 13.7. The molecule has 0 aliphatic carbocycles. The summed E-state index contributed by atoms with van der Waals surface area (Å²) in [5.41, 5.74) is 1.82. The summed E-state index contributed by atoms with van der Waals surface area (Å²) in [6.07, 6.45) is 8.38. The van der Waals surface area contributed by atoms with Crippen molar-refractivity contribution in [3.05, 3.63) is 60.3 Å². The molecule has 0 radical (unpaired) electrons. The van der Waals surface area contributed by atoms with Crippen LogP contribution >= 0.6 is 0 Å². The van der Waals surface area contributed by atoms with E-state index >= 15 is 0 Å². The second kappa shape index (κ2) is 12.3. The first-order valence-corrected chi connectivity index (χ1v) is 13.1. The second-order valence-electron chi connectivity index (χ2n) is 10.1. The van der Waals surface area contributed by atoms with Crippen LogP contribution in [0, 0.1) is 11.8 Å². The molecule has 0 amide bonds. The van der Waals surface area contributed by atoms with Gasteiger partial charge in [0.1, 0.15) is 18.1 Å². The molecule has 1 aliphatic heterocycles. The van der Waals surface area contributed by atoms with Crippen LogP contribution in [0.2, 0.25) is 0 Å². The molecule has 0 saturated carbocycles. The molecule has 2 heterocycles. The maximum Gasteiger partial charge on any atom is 0.161 e. The van der Waals surface area contributed by atoms with Crippen LogP contribution in [0.5, 0.6) is 11.5 Å². The lowest BCUT2D eigenvalue weighted by atomic mass is 9.90. The Kier molecular flexibility index (Phi) is 8.86. The Morgan fingerprint density at radius 2 is 1.86 bits per heavy atom. The molecule has 1 atom stereocenters. The Morgan fingerprint density at radius 3 is 2.57 bits per heavy atom. The van der Waals surface area contributed by atoms with Gasteiger partial charge in [-0.25, -0.2) is 0 Å². The fraction of sp³-hybridized carbons (Fsp3) is 0.500. The van der Waals surface area contributed by atoms with Gasteiger partial charge in [0.25, 0.3) is 0 Å². The van der Waals surface area contributed by atoms with Crippen LogP contribution in [-0.4, -0.2) is 48.6 Å². The molecule has 1 saturated heterocycles. The molecule has 2 aromatic carbocycles. The zero-order chi connectivity index (χ0) is 24.6. The van der Waals surface area contributed by atoms with E-state index in [1.54, 1.807) is 14.0 Å². The summed E-state index contributed by atoms with van der Waals surface area (Å²) in [5, 5.41) is 0.991. The minimum Gasteiger partial charge on any atom is -0.495 e. The average molecular weight is 477 g/mol. The third-order valence-electron chi connectivity index (χ3n) is 7.40. The number of piperidine rings is 1. The first-order chi connectivity index (χ1) is 17.0. The van der Waals surface area contributed by atoms with Gasteiger partial charge < -0.3 is 14.0 Å². The van der Waals surface area contributed by atoms with Gasteiger partial charge in [0, 0.05) is 30.2 Å². The van der Waals surface area contributed by atoms with E-state index in [0.29, 0.717) is 5.92 Å². The van der Waals surface area contributed by atoms with Gasteiger partial charge in [-0.15, -0.1) is 0 Å². The highest BCUT2D eigenvalue weighted by Gasteiger charge is 2.20. The SMILES string of the molecule is COc1cccc2c(C(C)=O)cn(C[C@H](C)CCCC3CCN(CCOc4ccccc4)CC3)c12. The van der Waals surface area contributed by atoms with Crippen LogP contribution in [0.3, 0.4) is 0 Å². The van der Waals surface area contributed by atoms with Crippen LogP contribution in [0.15, 0.2) is 54.7 Å². The summed E-state index contributed by atoms with van der Waals surface area (Å²) in [6, 6.07) is 16.1. The minimum atomic E-state index is 0.104. The van der Waals surface area contributed by atoms with Crippen molar-refractivity contribution in [2.24, 2.45) is 11.8 Å². The van der Waals surface area contributed by atoms with E-state index in [0.717, 1.165) is 53.6 Å². The molecule has 0 spiro atoms. The lowest BCUT2D eigenvalue weighted by Crippen LogP contribution is -2.36. The number of likely N-dealkylation sites (tertiary alicyclic amines) is 1. The predicted octanol–water partition coefficient (Wildman–Crippen LogP) is 6.45. The third kappa shape index (κ3) is 6.66. The summed E-state index contributed by atoms with van der Waals surface area (Å²) >= 11 is 0. The van der Waals surface area contributed by atoms with Gasteiger partial charge in [-0.1, -0.05) is 50.1 Å². The van der Waals surface area contributed by atoms with Gasteiger partial charge in [-0.05, 0) is 69.3 Å². The van der Waals surface area contributed by atoms with E-state index in [1.807, 2.05) is 54.7 Å². The lowest BCUT2D eigenvalue weighted by molar-refractivity contribution is 0.101. The molecule has 1 fully saturated rings. The van der Waals surface area contributed by atoms with E-state index in [-0.39, 0.29) is 5.78 Å². The van der Waals surface area contributed by atoms with Crippen molar-refractivity contribution in [1.82, 2.24) is 9.47 Å². The van der Waals surface area contributed by atoms with Crippen molar-refractivity contribution in [2.75, 3.05) is 33.4 Å². The number of hydrogen-bond donors (Lipinski definition) is 0. The molecular formula is C30H40N2O3. The van der Waals surface area contributed by atoms with Crippen molar-refractivity contribution >= 4 is 16.7 Å². The lowest BCUT2D eigenvalue weighted by Gasteiger charge is -2.32. The summed E-state index contributed by atoms with van der Waals surface area (Å²) in [7, 11) is 1.70. The minimum absolute atomic E-state index is 0.104. The van der Waals surface area contributed by atoms with Crippen LogP contribution in [0.1, 0.15) is 56.3 Å². The van der Waals surface area contributed by atoms with Crippen molar-refractivity contribution in [2.45, 2.75) is 52.5 Å². The first kappa shape index (κ1) is 25.3. The maximum absolute atomic E-state index is 12.2. The Balaban J connectivity index is 1.19. The van der Waals surface area contributed by atoms with E-state index in [1.165, 1.54) is 45.2 Å². The van der Waals surface area contributed by atoms with Crippen molar-refractivity contribution in [1.29, 1.82) is 0 Å². The van der Waals surface area contributed by atoms with E-state index < -0.39 is 0 Å². The zero-order valence-electron chi connectivity index (χ0n) is 21.5. The normalized spacial score (nSPS) is 15.9. The van der Waals surface area contributed by atoms with E-state index in [2.05, 4.69) is 16.4 Å². The molecule has 5 nitrogen and oxygen atoms in total. The van der Waals surface area contributed by atoms with Gasteiger partial charge >= 0.3 is 0 Å². The molecule has 5 heteroatoms. The summed E-state index contributed by atoms with van der Waals surface area (Å²) in [4.78, 5) is 14.7. The van der Waals surface area contributed by atoms with Crippen molar-refractivity contribution < 1.29 is 14.3 Å². The summed E-state index contributed by atoms with van der Waals surface area (Å²) in [6.45, 7) is 9.01. The molecule has 0 N–H and O–H groups in total. The third-order valence-corrected chi connectivity index (χ3v) is 7.40. The molecule has 188 valence electrons. The number of aromatic nitrogens is 1. The molecule has 35 heavy (non-hydrogen) atoms. The van der Waals surface area contributed by atoms with E-state index in [4.69, 9.17) is 9.47 Å². The second-order valence-corrected chi connectivity index (χ2v) is 10.1. The van der Waals surface area contributed by atoms with Gasteiger partial charge in [0.15, 0.2) is 5.78 Å². The smallest absolute Gasteiger partial charge is 0.161 e. The quantitative estimate of drug-likeness (QED) is 0.282. The van der Waals surface area contributed by atoms with Gasteiger partial charge in [0.05, 0.1) is 12.6 Å². The number of carbonyl (C=O) groups is 1. The Hall–Kier alpha value is -2.79. The largest absolute Gasteiger partial charge is 0.495 e. The Bertz CT molecular complexity index is 1080. The topological polar surface area (TPSA) is 43.7 Å². The maximum atomic E-state index is 12.2. The molecule has 1 aliphatic rings. The highest BCUT2D eigenvalue weighted by Crippen LogP contribution is 2.31. The fourth-order valence-corrected chi connectivity index (χ4v) is 5.41. The first-order valence-electron chi connectivity index (χ1n) is 13.1. The highest BCUT2D eigenvalue weighted by atomic mass is 16.5. The number of ether oxygens (including phenoxy) is 2. The standard InChI is InChI=1S/C30H40N2O3/c1-23(21-32-22-28(24(2)33)27-13-8-14-29(34-3)30(27)32)9-7-10-25-15-17-31(18-16-25)19-20-35-26-11-5-4-6-12-26/h4-6,8,11-14,22-23,25H,7,9-10,15-21H2,1-3H3/t23-/m1/s1. The molecule has 1 aromatic heterocycles. The number of methoxy groups -OCH3 is 1. The Morgan fingerprint density at radius 1 is 1.09 bits per heavy atom. The monoisotopic (exact) mass is 476 g/mol. The van der Waals surface area contributed by atoms with Gasteiger partial charge in [-0.3, -0.25) is 9.69 Å². The van der Waals surface area contributed by atoms with Crippen molar-refractivity contribution in [3.8, 4) is 11.5 Å². The van der Waals surface area contributed by atoms with Crippen LogP contribution in [0.4, 0.5) is 0 Å². The van der Waals surface area contributed by atoms with Gasteiger partial charge in [0.2, 0.25) is 0 Å². The fourth-order valence-electron chi connectivity index (χ4n) is 5.41. The number of hydrogen-bond acceptors (Lipinski definition) is 4. The van der Waals surface area contributed by atoms with Gasteiger partial charge in [-0.2, -0.15) is 0 Å². The predicted molar refractivity (Wildman–Crippen MR) is 143 cm³/mol. The van der Waals surface area contributed by atoms with Crippen molar-refractivity contribution in [3.63, 3.8) is 0 Å². The number of nitrogens with zero attached hydrogens (tertiary/aromatic N) is 2. The molecular weight excluding hydrogens is 436 g/mol. The number of para-hydroxylation sites is 2. The summed E-state index contributed by atoms with van der Waals surface area (Å²) in [5.74, 6) is 3.28. The number of fused-ring (bicyclic) bond motifs is 1. The number of Topliss-reactive ketones (excluding diaryl/α,β-unsaturated/α-hetero) is 1. The van der Waals surface area contributed by atoms with E-state index in [9.17, 15) is 4.79 Å². The molecule has 0 bridgehead atoms. The number of benzene rings is 2. The molecule has 4 rings (SSSR count). The average Bonchev–Trinajstić information content (AvgIpc) is 3.24.